The Morgan fingerprint density at radius 3 is 2.42 bits per heavy atom. The number of benzene rings is 2. The van der Waals surface area contributed by atoms with E-state index in [9.17, 15) is 18.0 Å². The lowest BCUT2D eigenvalue weighted by atomic mass is 10.0. The molecule has 5 rings (SSSR count). The summed E-state index contributed by atoms with van der Waals surface area (Å²) in [5.74, 6) is -1.77. The molecule has 8 nitrogen and oxygen atoms in total. The predicted octanol–water partition coefficient (Wildman–Crippen LogP) is 4.59. The fraction of sp³-hybridized carbons (Fsp3) is 0.393. The van der Waals surface area contributed by atoms with Gasteiger partial charge in [0.1, 0.15) is 11.6 Å². The molecule has 2 aliphatic heterocycles. The highest BCUT2D eigenvalue weighted by atomic mass is 19.3. The highest BCUT2D eigenvalue weighted by Crippen LogP contribution is 2.36. The summed E-state index contributed by atoms with van der Waals surface area (Å²) >= 11 is 0. The van der Waals surface area contributed by atoms with E-state index in [1.807, 2.05) is 23.8 Å². The molecule has 1 unspecified atom stereocenters. The minimum Gasteiger partial charge on any atom is -0.378 e. The van der Waals surface area contributed by atoms with Gasteiger partial charge in [-0.1, -0.05) is 0 Å². The van der Waals surface area contributed by atoms with E-state index in [2.05, 4.69) is 20.2 Å². The van der Waals surface area contributed by atoms with Gasteiger partial charge in [0.25, 0.3) is 12.3 Å². The van der Waals surface area contributed by atoms with Crippen molar-refractivity contribution in [1.29, 1.82) is 0 Å². The smallest absolute Gasteiger partial charge is 0.264 e. The standard InChI is InChI=1S/C28H30F4N6O2/c1-17-16-38(6-5-36(17)2)25-13-23(30)21(18-14-33-28(34-15-18)37-7-9-40-10-8-37)12-24(25)35-27(39)20-4-3-19(29)11-22(20)26(31)32/h3-4,11-15,17,26H,5-10,16H2,1-2H3,(H,35,39). The number of morpholine rings is 1. The predicted molar refractivity (Wildman–Crippen MR) is 144 cm³/mol. The van der Waals surface area contributed by atoms with Crippen LogP contribution < -0.4 is 15.1 Å². The number of carbonyl (C=O) groups excluding carboxylic acids is 1. The number of amides is 1. The molecule has 2 fully saturated rings. The summed E-state index contributed by atoms with van der Waals surface area (Å²) in [6, 6.07) is 5.57. The maximum absolute atomic E-state index is 15.6. The molecule has 0 aliphatic carbocycles. The van der Waals surface area contributed by atoms with Gasteiger partial charge >= 0.3 is 0 Å². The Morgan fingerprint density at radius 2 is 1.75 bits per heavy atom. The molecule has 0 saturated carbocycles. The minimum atomic E-state index is -3.06. The molecule has 3 heterocycles. The van der Waals surface area contributed by atoms with Crippen LogP contribution in [0.25, 0.3) is 11.1 Å². The zero-order valence-electron chi connectivity index (χ0n) is 22.2. The molecule has 0 radical (unpaired) electrons. The van der Waals surface area contributed by atoms with Crippen LogP contribution in [-0.2, 0) is 4.74 Å². The van der Waals surface area contributed by atoms with Crippen LogP contribution in [0.3, 0.4) is 0 Å². The third-order valence-electron chi connectivity index (χ3n) is 7.37. The zero-order valence-corrected chi connectivity index (χ0v) is 22.2. The quantitative estimate of drug-likeness (QED) is 0.444. The summed E-state index contributed by atoms with van der Waals surface area (Å²) in [4.78, 5) is 28.1. The first kappa shape index (κ1) is 27.8. The van der Waals surface area contributed by atoms with Gasteiger partial charge < -0.3 is 24.8 Å². The Labute approximate surface area is 229 Å². The van der Waals surface area contributed by atoms with Crippen LogP contribution >= 0.6 is 0 Å². The van der Waals surface area contributed by atoms with E-state index in [1.165, 1.54) is 24.5 Å². The Morgan fingerprint density at radius 1 is 1.02 bits per heavy atom. The molecular formula is C28H30F4N6O2. The number of nitrogens with zero attached hydrogens (tertiary/aromatic N) is 5. The van der Waals surface area contributed by atoms with Crippen molar-refractivity contribution >= 4 is 23.2 Å². The summed E-state index contributed by atoms with van der Waals surface area (Å²) < 4.78 is 61.9. The number of carbonyl (C=O) groups is 1. The van der Waals surface area contributed by atoms with Gasteiger partial charge in [0, 0.05) is 73.4 Å². The lowest BCUT2D eigenvalue weighted by Crippen LogP contribution is -2.50. The van der Waals surface area contributed by atoms with Crippen LogP contribution in [0, 0.1) is 11.6 Å². The van der Waals surface area contributed by atoms with Crippen LogP contribution in [0.1, 0.15) is 29.3 Å². The third kappa shape index (κ3) is 5.87. The molecule has 1 atom stereocenters. The number of rotatable bonds is 6. The van der Waals surface area contributed by atoms with Crippen molar-refractivity contribution in [2.45, 2.75) is 19.4 Å². The van der Waals surface area contributed by atoms with E-state index < -0.39 is 29.5 Å². The number of ether oxygens (including phenoxy) is 1. The lowest BCUT2D eigenvalue weighted by Gasteiger charge is -2.39. The maximum Gasteiger partial charge on any atom is 0.264 e. The number of alkyl halides is 2. The molecule has 2 saturated heterocycles. The number of aromatic nitrogens is 2. The third-order valence-corrected chi connectivity index (χ3v) is 7.37. The SMILES string of the molecule is CC1CN(c2cc(F)c(-c3cnc(N4CCOCC4)nc3)cc2NC(=O)c2ccc(F)cc2C(F)F)CCN1C. The maximum atomic E-state index is 15.6. The Balaban J connectivity index is 1.51. The van der Waals surface area contributed by atoms with Crippen molar-refractivity contribution in [3.8, 4) is 11.1 Å². The van der Waals surface area contributed by atoms with Crippen molar-refractivity contribution in [2.24, 2.45) is 0 Å². The molecule has 0 spiro atoms. The van der Waals surface area contributed by atoms with Crippen LogP contribution in [0.4, 0.5) is 34.9 Å². The summed E-state index contributed by atoms with van der Waals surface area (Å²) in [5.41, 5.74) is 0.0993. The molecule has 1 amide bonds. The number of hydrogen-bond acceptors (Lipinski definition) is 7. The first-order valence-corrected chi connectivity index (χ1v) is 13.0. The van der Waals surface area contributed by atoms with E-state index in [0.717, 1.165) is 12.1 Å². The second-order valence-electron chi connectivity index (χ2n) is 9.98. The first-order valence-electron chi connectivity index (χ1n) is 13.0. The van der Waals surface area contributed by atoms with Crippen molar-refractivity contribution in [3.63, 3.8) is 0 Å². The summed E-state index contributed by atoms with van der Waals surface area (Å²) in [6.07, 6.45) is -0.0388. The van der Waals surface area contributed by atoms with Crippen LogP contribution in [0.15, 0.2) is 42.7 Å². The van der Waals surface area contributed by atoms with Gasteiger partial charge in [0.15, 0.2) is 0 Å². The van der Waals surface area contributed by atoms with Crippen molar-refractivity contribution in [3.05, 3.63) is 65.5 Å². The average molecular weight is 559 g/mol. The monoisotopic (exact) mass is 558 g/mol. The number of anilines is 3. The highest BCUT2D eigenvalue weighted by molar-refractivity contribution is 6.07. The minimum absolute atomic E-state index is 0.142. The molecule has 12 heteroatoms. The Bertz CT molecular complexity index is 1370. The zero-order chi connectivity index (χ0) is 28.4. The van der Waals surface area contributed by atoms with E-state index >= 15 is 4.39 Å². The van der Waals surface area contributed by atoms with E-state index in [0.29, 0.717) is 69.2 Å². The molecule has 40 heavy (non-hydrogen) atoms. The van der Waals surface area contributed by atoms with Gasteiger partial charge in [-0.3, -0.25) is 4.79 Å². The number of halogens is 4. The Kier molecular flexibility index (Phi) is 8.17. The largest absolute Gasteiger partial charge is 0.378 e. The second kappa shape index (κ2) is 11.8. The van der Waals surface area contributed by atoms with Crippen LogP contribution in [0.2, 0.25) is 0 Å². The number of nitrogens with one attached hydrogen (secondary N) is 1. The first-order chi connectivity index (χ1) is 19.2. The van der Waals surface area contributed by atoms with Gasteiger partial charge in [-0.25, -0.2) is 27.5 Å². The summed E-state index contributed by atoms with van der Waals surface area (Å²) in [7, 11) is 2.00. The van der Waals surface area contributed by atoms with E-state index in [4.69, 9.17) is 4.74 Å². The number of piperazine rings is 1. The van der Waals surface area contributed by atoms with Gasteiger partial charge in [-0.05, 0) is 44.3 Å². The second-order valence-corrected chi connectivity index (χ2v) is 9.98. The summed E-state index contributed by atoms with van der Waals surface area (Å²) in [6.45, 7) is 6.30. The normalized spacial score (nSPS) is 18.3. The van der Waals surface area contributed by atoms with Crippen molar-refractivity contribution in [1.82, 2.24) is 14.9 Å². The lowest BCUT2D eigenvalue weighted by molar-refractivity contribution is 0.101. The van der Waals surface area contributed by atoms with Crippen LogP contribution in [-0.4, -0.2) is 79.8 Å². The molecule has 1 N–H and O–H groups in total. The molecule has 0 bridgehead atoms. The molecule has 3 aromatic rings. The average Bonchev–Trinajstić information content (AvgIpc) is 2.95. The highest BCUT2D eigenvalue weighted by Gasteiger charge is 2.26. The molecule has 1 aromatic heterocycles. The summed E-state index contributed by atoms with van der Waals surface area (Å²) in [5, 5.41) is 2.69. The topological polar surface area (TPSA) is 73.8 Å². The molecule has 212 valence electrons. The number of likely N-dealkylation sites (N-methyl/N-ethyl adjacent to an activating group) is 1. The Hall–Kier alpha value is -3.77. The van der Waals surface area contributed by atoms with Crippen molar-refractivity contribution in [2.75, 3.05) is 68.1 Å². The van der Waals surface area contributed by atoms with Crippen LogP contribution in [0.5, 0.6) is 0 Å². The van der Waals surface area contributed by atoms with E-state index in [1.54, 1.807) is 0 Å². The van der Waals surface area contributed by atoms with Gasteiger partial charge in [-0.15, -0.1) is 0 Å². The molecule has 2 aromatic carbocycles. The fourth-order valence-corrected chi connectivity index (χ4v) is 4.91. The molecule has 2 aliphatic rings. The van der Waals surface area contributed by atoms with Crippen molar-refractivity contribution < 1.29 is 27.1 Å². The van der Waals surface area contributed by atoms with Gasteiger partial charge in [-0.2, -0.15) is 0 Å². The molecular weight excluding hydrogens is 528 g/mol. The van der Waals surface area contributed by atoms with Gasteiger partial charge in [0.05, 0.1) is 24.6 Å². The fourth-order valence-electron chi connectivity index (χ4n) is 4.91. The van der Waals surface area contributed by atoms with E-state index in [-0.39, 0.29) is 22.9 Å². The van der Waals surface area contributed by atoms with Gasteiger partial charge in [0.2, 0.25) is 5.95 Å². The number of hydrogen-bond donors (Lipinski definition) is 1.